The van der Waals surface area contributed by atoms with Gasteiger partial charge in [0.15, 0.2) is 0 Å². The summed E-state index contributed by atoms with van der Waals surface area (Å²) in [5.74, 6) is 0. The highest BCUT2D eigenvalue weighted by atomic mass is 19.1. The van der Waals surface area contributed by atoms with Crippen LogP contribution in [0.2, 0.25) is 0 Å². The predicted molar refractivity (Wildman–Crippen MR) is 46.9 cm³/mol. The van der Waals surface area contributed by atoms with Gasteiger partial charge >= 0.3 is 0 Å². The van der Waals surface area contributed by atoms with Crippen molar-refractivity contribution in [2.24, 2.45) is 0 Å². The van der Waals surface area contributed by atoms with E-state index in [0.29, 0.717) is 6.42 Å². The molecule has 2 heteroatoms. The minimum absolute atomic E-state index is 0.302. The van der Waals surface area contributed by atoms with Gasteiger partial charge in [0.25, 0.3) is 0 Å². The van der Waals surface area contributed by atoms with Crippen molar-refractivity contribution in [3.8, 4) is 0 Å². The number of benzene rings is 1. The molecule has 0 aromatic heterocycles. The standard InChI is InChI=1S/C10H13FO/c1-8-2-4-9(5-3-8)6-10(11)7-12/h2-5,10,12H,6-7H2,1H3. The average molecular weight is 168 g/mol. The van der Waals surface area contributed by atoms with Crippen LogP contribution in [0.4, 0.5) is 4.39 Å². The lowest BCUT2D eigenvalue weighted by molar-refractivity contribution is 0.177. The van der Waals surface area contributed by atoms with Crippen molar-refractivity contribution >= 4 is 0 Å². The van der Waals surface area contributed by atoms with Gasteiger partial charge < -0.3 is 5.11 Å². The summed E-state index contributed by atoms with van der Waals surface area (Å²) in [6.07, 6.45) is -0.829. The Bertz CT molecular complexity index is 230. The Hall–Kier alpha value is -0.890. The zero-order valence-electron chi connectivity index (χ0n) is 7.13. The normalized spacial score (nSPS) is 12.9. The fourth-order valence-electron chi connectivity index (χ4n) is 1.04. The maximum absolute atomic E-state index is 12.7. The van der Waals surface area contributed by atoms with E-state index in [0.717, 1.165) is 11.1 Å². The van der Waals surface area contributed by atoms with Crippen LogP contribution in [0.15, 0.2) is 24.3 Å². The van der Waals surface area contributed by atoms with Gasteiger partial charge in [0, 0.05) is 6.42 Å². The van der Waals surface area contributed by atoms with Crippen LogP contribution in [0.25, 0.3) is 0 Å². The summed E-state index contributed by atoms with van der Waals surface area (Å²) in [5.41, 5.74) is 2.10. The number of aliphatic hydroxyl groups excluding tert-OH is 1. The summed E-state index contributed by atoms with van der Waals surface area (Å²) < 4.78 is 12.7. The molecule has 0 heterocycles. The lowest BCUT2D eigenvalue weighted by Gasteiger charge is -2.04. The molecule has 0 spiro atoms. The van der Waals surface area contributed by atoms with Crippen LogP contribution in [-0.4, -0.2) is 17.9 Å². The Morgan fingerprint density at radius 2 is 1.92 bits per heavy atom. The van der Waals surface area contributed by atoms with Crippen LogP contribution in [0, 0.1) is 6.92 Å². The number of hydrogen-bond donors (Lipinski definition) is 1. The fourth-order valence-corrected chi connectivity index (χ4v) is 1.04. The van der Waals surface area contributed by atoms with Gasteiger partial charge in [-0.1, -0.05) is 29.8 Å². The van der Waals surface area contributed by atoms with E-state index in [1.807, 2.05) is 31.2 Å². The smallest absolute Gasteiger partial charge is 0.127 e. The lowest BCUT2D eigenvalue weighted by atomic mass is 10.1. The van der Waals surface area contributed by atoms with Crippen molar-refractivity contribution in [3.05, 3.63) is 35.4 Å². The Morgan fingerprint density at radius 1 is 1.33 bits per heavy atom. The number of alkyl halides is 1. The molecule has 0 fully saturated rings. The SMILES string of the molecule is Cc1ccc(CC(F)CO)cc1. The topological polar surface area (TPSA) is 20.2 Å². The van der Waals surface area contributed by atoms with Gasteiger partial charge in [-0.2, -0.15) is 0 Å². The third-order valence-electron chi connectivity index (χ3n) is 1.78. The molecule has 1 nitrogen and oxygen atoms in total. The summed E-state index contributed by atoms with van der Waals surface area (Å²) in [7, 11) is 0. The first-order valence-corrected chi connectivity index (χ1v) is 4.03. The predicted octanol–water partition coefficient (Wildman–Crippen LogP) is 1.87. The molecular formula is C10H13FO. The van der Waals surface area contributed by atoms with Crippen LogP contribution < -0.4 is 0 Å². The molecule has 0 aliphatic rings. The number of halogens is 1. The first-order chi connectivity index (χ1) is 5.72. The third kappa shape index (κ3) is 2.62. The van der Waals surface area contributed by atoms with E-state index < -0.39 is 12.8 Å². The van der Waals surface area contributed by atoms with Crippen LogP contribution in [0.5, 0.6) is 0 Å². The number of rotatable bonds is 3. The molecule has 0 saturated heterocycles. The van der Waals surface area contributed by atoms with Gasteiger partial charge in [0.05, 0.1) is 6.61 Å². The van der Waals surface area contributed by atoms with E-state index in [9.17, 15) is 4.39 Å². The first-order valence-electron chi connectivity index (χ1n) is 4.03. The lowest BCUT2D eigenvalue weighted by Crippen LogP contribution is -2.09. The Kier molecular flexibility index (Phi) is 3.23. The maximum atomic E-state index is 12.7. The van der Waals surface area contributed by atoms with Crippen molar-refractivity contribution in [3.63, 3.8) is 0 Å². The molecule has 1 rings (SSSR count). The summed E-state index contributed by atoms with van der Waals surface area (Å²) >= 11 is 0. The quantitative estimate of drug-likeness (QED) is 0.730. The highest BCUT2D eigenvalue weighted by Gasteiger charge is 2.04. The van der Waals surface area contributed by atoms with Crippen LogP contribution in [-0.2, 0) is 6.42 Å². The van der Waals surface area contributed by atoms with E-state index in [1.54, 1.807) is 0 Å². The Balaban J connectivity index is 2.58. The maximum Gasteiger partial charge on any atom is 0.127 e. The molecule has 1 unspecified atom stereocenters. The third-order valence-corrected chi connectivity index (χ3v) is 1.78. The highest BCUT2D eigenvalue weighted by molar-refractivity contribution is 5.21. The Morgan fingerprint density at radius 3 is 2.42 bits per heavy atom. The number of aliphatic hydroxyl groups is 1. The van der Waals surface area contributed by atoms with E-state index in [4.69, 9.17) is 5.11 Å². The van der Waals surface area contributed by atoms with Crippen molar-refractivity contribution in [1.82, 2.24) is 0 Å². The van der Waals surface area contributed by atoms with Crippen molar-refractivity contribution in [1.29, 1.82) is 0 Å². The van der Waals surface area contributed by atoms with Gasteiger partial charge in [0.2, 0.25) is 0 Å². The van der Waals surface area contributed by atoms with Crippen LogP contribution in [0.3, 0.4) is 0 Å². The molecule has 66 valence electrons. The number of hydrogen-bond acceptors (Lipinski definition) is 1. The summed E-state index contributed by atoms with van der Waals surface area (Å²) in [5, 5.41) is 8.48. The van der Waals surface area contributed by atoms with E-state index in [-0.39, 0.29) is 0 Å². The average Bonchev–Trinajstić information content (AvgIpc) is 2.09. The van der Waals surface area contributed by atoms with Gasteiger partial charge in [-0.05, 0) is 12.5 Å². The summed E-state index contributed by atoms with van der Waals surface area (Å²) in [6.45, 7) is 1.59. The molecule has 0 aliphatic heterocycles. The molecule has 0 aliphatic carbocycles. The van der Waals surface area contributed by atoms with Gasteiger partial charge in [-0.3, -0.25) is 0 Å². The molecule has 12 heavy (non-hydrogen) atoms. The fraction of sp³-hybridized carbons (Fsp3) is 0.400. The van der Waals surface area contributed by atoms with Crippen molar-refractivity contribution < 1.29 is 9.50 Å². The Labute approximate surface area is 71.9 Å². The molecule has 1 atom stereocenters. The second-order valence-corrected chi connectivity index (χ2v) is 2.97. The van der Waals surface area contributed by atoms with Crippen LogP contribution in [0.1, 0.15) is 11.1 Å². The minimum Gasteiger partial charge on any atom is -0.393 e. The molecule has 0 radical (unpaired) electrons. The largest absolute Gasteiger partial charge is 0.393 e. The van der Waals surface area contributed by atoms with Gasteiger partial charge in [-0.15, -0.1) is 0 Å². The molecular weight excluding hydrogens is 155 g/mol. The van der Waals surface area contributed by atoms with Gasteiger partial charge in [-0.25, -0.2) is 4.39 Å². The van der Waals surface area contributed by atoms with Crippen molar-refractivity contribution in [2.75, 3.05) is 6.61 Å². The minimum atomic E-state index is -1.13. The first kappa shape index (κ1) is 9.20. The number of aryl methyl sites for hydroxylation is 1. The van der Waals surface area contributed by atoms with Gasteiger partial charge in [0.1, 0.15) is 6.17 Å². The molecule has 0 saturated carbocycles. The zero-order valence-corrected chi connectivity index (χ0v) is 7.13. The monoisotopic (exact) mass is 168 g/mol. The molecule has 1 aromatic carbocycles. The summed E-state index contributed by atoms with van der Waals surface area (Å²) in [6, 6.07) is 7.66. The highest BCUT2D eigenvalue weighted by Crippen LogP contribution is 2.07. The zero-order chi connectivity index (χ0) is 8.97. The van der Waals surface area contributed by atoms with Crippen LogP contribution >= 0.6 is 0 Å². The summed E-state index contributed by atoms with van der Waals surface area (Å²) in [4.78, 5) is 0. The molecule has 1 aromatic rings. The molecule has 0 bridgehead atoms. The molecule has 1 N–H and O–H groups in total. The second-order valence-electron chi connectivity index (χ2n) is 2.97. The molecule has 0 amide bonds. The van der Waals surface area contributed by atoms with E-state index in [1.165, 1.54) is 0 Å². The van der Waals surface area contributed by atoms with E-state index >= 15 is 0 Å². The van der Waals surface area contributed by atoms with E-state index in [2.05, 4.69) is 0 Å². The van der Waals surface area contributed by atoms with Crippen molar-refractivity contribution in [2.45, 2.75) is 19.5 Å². The second kappa shape index (κ2) is 4.21.